The van der Waals surface area contributed by atoms with Crippen LogP contribution in [0.2, 0.25) is 5.02 Å². The summed E-state index contributed by atoms with van der Waals surface area (Å²) < 4.78 is 5.33. The molecular formula is C12H12ClNO3. The maximum absolute atomic E-state index is 11.0. The van der Waals surface area contributed by atoms with Crippen LogP contribution in [0.5, 0.6) is 5.75 Å². The largest absolute Gasteiger partial charge is 0.478 e. The fourth-order valence-corrected chi connectivity index (χ4v) is 1.50. The molecular weight excluding hydrogens is 242 g/mol. The first kappa shape index (κ1) is 13.3. The number of nitriles is 1. The van der Waals surface area contributed by atoms with Crippen molar-refractivity contribution in [3.05, 3.63) is 28.8 Å². The van der Waals surface area contributed by atoms with Crippen LogP contribution in [-0.4, -0.2) is 17.2 Å². The lowest BCUT2D eigenvalue weighted by atomic mass is 10.1. The molecule has 1 atom stereocenters. The van der Waals surface area contributed by atoms with Crippen molar-refractivity contribution in [1.82, 2.24) is 0 Å². The van der Waals surface area contributed by atoms with Gasteiger partial charge >= 0.3 is 5.97 Å². The zero-order chi connectivity index (χ0) is 13.0. The molecule has 0 heterocycles. The summed E-state index contributed by atoms with van der Waals surface area (Å²) >= 11 is 5.89. The fraction of sp³-hybridized carbons (Fsp3) is 0.333. The number of carbonyl (C=O) groups is 1. The lowest BCUT2D eigenvalue weighted by Gasteiger charge is -2.19. The summed E-state index contributed by atoms with van der Waals surface area (Å²) in [5.74, 6) is -0.952. The van der Waals surface area contributed by atoms with E-state index in [0.717, 1.165) is 0 Å². The Labute approximate surface area is 104 Å². The van der Waals surface area contributed by atoms with Crippen molar-refractivity contribution in [3.8, 4) is 11.8 Å². The van der Waals surface area contributed by atoms with Crippen molar-refractivity contribution >= 4 is 17.6 Å². The number of nitrogens with zero attached hydrogens (tertiary/aromatic N) is 1. The normalized spacial score (nSPS) is 11.9. The number of rotatable bonds is 4. The van der Waals surface area contributed by atoms with Gasteiger partial charge in [-0.15, -0.1) is 0 Å². The van der Waals surface area contributed by atoms with Gasteiger partial charge in [0.15, 0.2) is 6.10 Å². The highest BCUT2D eigenvalue weighted by atomic mass is 35.5. The van der Waals surface area contributed by atoms with Gasteiger partial charge in [-0.1, -0.05) is 25.4 Å². The van der Waals surface area contributed by atoms with E-state index in [4.69, 9.17) is 26.7 Å². The number of hydrogen-bond acceptors (Lipinski definition) is 3. The first-order valence-electron chi connectivity index (χ1n) is 5.04. The van der Waals surface area contributed by atoms with Gasteiger partial charge in [0.05, 0.1) is 16.7 Å². The van der Waals surface area contributed by atoms with Gasteiger partial charge < -0.3 is 9.84 Å². The molecule has 1 aromatic carbocycles. The Balaban J connectivity index is 2.95. The molecule has 0 aliphatic rings. The third-order valence-corrected chi connectivity index (χ3v) is 2.46. The summed E-state index contributed by atoms with van der Waals surface area (Å²) in [5.41, 5.74) is 0.402. The summed E-state index contributed by atoms with van der Waals surface area (Å²) in [6, 6.07) is 6.41. The van der Waals surface area contributed by atoms with Crippen LogP contribution in [0.3, 0.4) is 0 Å². The summed E-state index contributed by atoms with van der Waals surface area (Å²) in [5, 5.41) is 17.9. The quantitative estimate of drug-likeness (QED) is 0.896. The molecule has 1 unspecified atom stereocenters. The lowest BCUT2D eigenvalue weighted by molar-refractivity contribution is -0.147. The predicted molar refractivity (Wildman–Crippen MR) is 63.1 cm³/mol. The van der Waals surface area contributed by atoms with Crippen LogP contribution in [0, 0.1) is 17.2 Å². The SMILES string of the molecule is CC(C)C(Oc1ccc(C#N)cc1Cl)C(=O)O. The van der Waals surface area contributed by atoms with Crippen molar-refractivity contribution in [2.45, 2.75) is 20.0 Å². The molecule has 17 heavy (non-hydrogen) atoms. The molecule has 0 bridgehead atoms. The molecule has 0 aromatic heterocycles. The molecule has 0 radical (unpaired) electrons. The van der Waals surface area contributed by atoms with Crippen LogP contribution in [0.15, 0.2) is 18.2 Å². The van der Waals surface area contributed by atoms with Crippen LogP contribution < -0.4 is 4.74 Å². The maximum Gasteiger partial charge on any atom is 0.345 e. The van der Waals surface area contributed by atoms with Crippen molar-refractivity contribution in [1.29, 1.82) is 5.26 Å². The van der Waals surface area contributed by atoms with E-state index in [1.165, 1.54) is 18.2 Å². The molecule has 5 heteroatoms. The highest BCUT2D eigenvalue weighted by Crippen LogP contribution is 2.27. The van der Waals surface area contributed by atoms with E-state index in [-0.39, 0.29) is 16.7 Å². The van der Waals surface area contributed by atoms with Crippen molar-refractivity contribution in [2.24, 2.45) is 5.92 Å². The number of carboxylic acid groups (broad SMARTS) is 1. The second-order valence-corrected chi connectivity index (χ2v) is 4.28. The van der Waals surface area contributed by atoms with E-state index in [1.807, 2.05) is 6.07 Å². The van der Waals surface area contributed by atoms with Gasteiger partial charge in [0.2, 0.25) is 0 Å². The predicted octanol–water partition coefficient (Wildman–Crippen LogP) is 2.70. The molecule has 0 aliphatic heterocycles. The highest BCUT2D eigenvalue weighted by Gasteiger charge is 2.24. The van der Waals surface area contributed by atoms with E-state index < -0.39 is 12.1 Å². The van der Waals surface area contributed by atoms with Crippen LogP contribution in [0.1, 0.15) is 19.4 Å². The number of ether oxygens (including phenoxy) is 1. The summed E-state index contributed by atoms with van der Waals surface area (Å²) in [6.07, 6.45) is -0.958. The van der Waals surface area contributed by atoms with Crippen LogP contribution in [0.4, 0.5) is 0 Å². The molecule has 1 rings (SSSR count). The highest BCUT2D eigenvalue weighted by molar-refractivity contribution is 6.32. The average molecular weight is 254 g/mol. The lowest BCUT2D eigenvalue weighted by Crippen LogP contribution is -2.32. The molecule has 0 spiro atoms. The fourth-order valence-electron chi connectivity index (χ4n) is 1.27. The zero-order valence-electron chi connectivity index (χ0n) is 9.48. The average Bonchev–Trinajstić information content (AvgIpc) is 2.26. The Morgan fingerprint density at radius 1 is 1.53 bits per heavy atom. The van der Waals surface area contributed by atoms with E-state index in [9.17, 15) is 4.79 Å². The van der Waals surface area contributed by atoms with Crippen LogP contribution in [-0.2, 0) is 4.79 Å². The Hall–Kier alpha value is -1.73. The Morgan fingerprint density at radius 2 is 2.18 bits per heavy atom. The molecule has 0 amide bonds. The van der Waals surface area contributed by atoms with Gasteiger partial charge in [0.25, 0.3) is 0 Å². The molecule has 90 valence electrons. The van der Waals surface area contributed by atoms with Crippen LogP contribution >= 0.6 is 11.6 Å². The standard InChI is InChI=1S/C12H12ClNO3/c1-7(2)11(12(15)16)17-10-4-3-8(6-14)5-9(10)13/h3-5,7,11H,1-2H3,(H,15,16). The van der Waals surface area contributed by atoms with Gasteiger partial charge in [-0.3, -0.25) is 0 Å². The first-order valence-corrected chi connectivity index (χ1v) is 5.42. The van der Waals surface area contributed by atoms with Gasteiger partial charge in [0, 0.05) is 5.92 Å². The third kappa shape index (κ3) is 3.36. The van der Waals surface area contributed by atoms with E-state index in [2.05, 4.69) is 0 Å². The minimum atomic E-state index is -1.04. The molecule has 0 fully saturated rings. The van der Waals surface area contributed by atoms with Crippen molar-refractivity contribution in [2.75, 3.05) is 0 Å². The minimum absolute atomic E-state index is 0.181. The minimum Gasteiger partial charge on any atom is -0.478 e. The Bertz CT molecular complexity index is 465. The second-order valence-electron chi connectivity index (χ2n) is 3.88. The van der Waals surface area contributed by atoms with E-state index in [1.54, 1.807) is 13.8 Å². The van der Waals surface area contributed by atoms with Crippen molar-refractivity contribution in [3.63, 3.8) is 0 Å². The summed E-state index contributed by atoms with van der Waals surface area (Å²) in [6.45, 7) is 3.49. The molecule has 1 N–H and O–H groups in total. The molecule has 0 saturated carbocycles. The molecule has 0 saturated heterocycles. The van der Waals surface area contributed by atoms with Gasteiger partial charge in [-0.05, 0) is 18.2 Å². The molecule has 1 aromatic rings. The molecule has 4 nitrogen and oxygen atoms in total. The number of aliphatic carboxylic acids is 1. The number of carboxylic acids is 1. The van der Waals surface area contributed by atoms with Crippen LogP contribution in [0.25, 0.3) is 0 Å². The summed E-state index contributed by atoms with van der Waals surface area (Å²) in [4.78, 5) is 11.0. The maximum atomic E-state index is 11.0. The zero-order valence-corrected chi connectivity index (χ0v) is 10.2. The first-order chi connectivity index (χ1) is 7.95. The third-order valence-electron chi connectivity index (χ3n) is 2.16. The smallest absolute Gasteiger partial charge is 0.345 e. The van der Waals surface area contributed by atoms with Gasteiger partial charge in [-0.25, -0.2) is 4.79 Å². The number of hydrogen-bond donors (Lipinski definition) is 1. The van der Waals surface area contributed by atoms with Crippen molar-refractivity contribution < 1.29 is 14.6 Å². The number of halogens is 1. The Kier molecular flexibility index (Phi) is 4.36. The Morgan fingerprint density at radius 3 is 2.59 bits per heavy atom. The summed E-state index contributed by atoms with van der Waals surface area (Å²) in [7, 11) is 0. The van der Waals surface area contributed by atoms with Gasteiger partial charge in [-0.2, -0.15) is 5.26 Å². The van der Waals surface area contributed by atoms with Gasteiger partial charge in [0.1, 0.15) is 5.75 Å². The monoisotopic (exact) mass is 253 g/mol. The van der Waals surface area contributed by atoms with E-state index >= 15 is 0 Å². The molecule has 0 aliphatic carbocycles. The number of benzene rings is 1. The second kappa shape index (κ2) is 5.55. The topological polar surface area (TPSA) is 70.3 Å². The van der Waals surface area contributed by atoms with E-state index in [0.29, 0.717) is 5.56 Å².